The molecule has 10 heteroatoms. The Morgan fingerprint density at radius 1 is 1.12 bits per heavy atom. The number of benzene rings is 3. The first kappa shape index (κ1) is 22.3. The Labute approximate surface area is 192 Å². The van der Waals surface area contributed by atoms with E-state index in [1.165, 1.54) is 31.3 Å². The highest BCUT2D eigenvalue weighted by Gasteiger charge is 2.23. The maximum atomic E-state index is 13.3. The zero-order valence-electron chi connectivity index (χ0n) is 17.9. The average molecular weight is 458 g/mol. The van der Waals surface area contributed by atoms with E-state index in [1.54, 1.807) is 48.5 Å². The number of nitrogens with zero attached hydrogens (tertiary/aromatic N) is 4. The molecule has 10 nitrogen and oxygen atoms in total. The summed E-state index contributed by atoms with van der Waals surface area (Å²) in [7, 11) is 0. The molecular weight excluding hydrogens is 440 g/mol. The molecule has 1 heterocycles. The minimum absolute atomic E-state index is 0.126. The highest BCUT2D eigenvalue weighted by Crippen LogP contribution is 2.31. The molecule has 1 N–H and O–H groups in total. The van der Waals surface area contributed by atoms with Crippen molar-refractivity contribution in [2.75, 3.05) is 0 Å². The van der Waals surface area contributed by atoms with E-state index in [9.17, 15) is 24.8 Å². The number of hydrogen-bond donors (Lipinski definition) is 1. The Kier molecular flexibility index (Phi) is 6.13. The van der Waals surface area contributed by atoms with Crippen LogP contribution < -0.4 is 10.3 Å². The van der Waals surface area contributed by atoms with Crippen molar-refractivity contribution in [3.05, 3.63) is 98.8 Å². The summed E-state index contributed by atoms with van der Waals surface area (Å²) in [6, 6.07) is 19.9. The van der Waals surface area contributed by atoms with Gasteiger partial charge in [-0.05, 0) is 25.1 Å². The van der Waals surface area contributed by atoms with E-state index < -0.39 is 28.2 Å². The second-order valence-corrected chi connectivity index (χ2v) is 7.23. The maximum Gasteiger partial charge on any atom is 0.344 e. The molecule has 0 unspecified atom stereocenters. The largest absolute Gasteiger partial charge is 0.479 e. The van der Waals surface area contributed by atoms with Crippen molar-refractivity contribution in [1.82, 2.24) is 9.66 Å². The Balaban J connectivity index is 1.90. The van der Waals surface area contributed by atoms with Gasteiger partial charge in [-0.15, -0.1) is 0 Å². The summed E-state index contributed by atoms with van der Waals surface area (Å²) in [6.45, 7) is 1.26. The van der Waals surface area contributed by atoms with Crippen molar-refractivity contribution in [2.24, 2.45) is 5.10 Å². The zero-order valence-corrected chi connectivity index (χ0v) is 17.9. The first-order chi connectivity index (χ1) is 16.4. The van der Waals surface area contributed by atoms with Gasteiger partial charge in [0, 0.05) is 17.2 Å². The third kappa shape index (κ3) is 4.37. The number of rotatable bonds is 7. The summed E-state index contributed by atoms with van der Waals surface area (Å²) in [5.74, 6) is -1.29. The molecule has 0 aliphatic carbocycles. The number of ether oxygens (including phenoxy) is 1. The molecule has 0 saturated carbocycles. The van der Waals surface area contributed by atoms with Crippen LogP contribution in [0.5, 0.6) is 5.75 Å². The van der Waals surface area contributed by atoms with E-state index in [4.69, 9.17) is 4.74 Å². The lowest BCUT2D eigenvalue weighted by atomic mass is 10.2. The van der Waals surface area contributed by atoms with Gasteiger partial charge in [0.25, 0.3) is 5.56 Å². The van der Waals surface area contributed by atoms with Gasteiger partial charge in [0.05, 0.1) is 22.0 Å². The first-order valence-electron chi connectivity index (χ1n) is 10.1. The number of fused-ring (bicyclic) bond motifs is 1. The third-order valence-electron chi connectivity index (χ3n) is 4.96. The van der Waals surface area contributed by atoms with Crippen LogP contribution in [-0.2, 0) is 4.79 Å². The van der Waals surface area contributed by atoms with Gasteiger partial charge in [0.2, 0.25) is 5.75 Å². The Hall–Kier alpha value is -4.86. The van der Waals surface area contributed by atoms with E-state index >= 15 is 0 Å². The Bertz CT molecular complexity index is 1480. The van der Waals surface area contributed by atoms with Crippen LogP contribution in [0.15, 0.2) is 82.7 Å². The van der Waals surface area contributed by atoms with Gasteiger partial charge in [0.1, 0.15) is 0 Å². The summed E-state index contributed by atoms with van der Waals surface area (Å²) in [5, 5.41) is 25.3. The monoisotopic (exact) mass is 458 g/mol. The summed E-state index contributed by atoms with van der Waals surface area (Å²) in [6.07, 6.45) is -0.139. The number of nitro benzene ring substituents is 1. The molecule has 0 spiro atoms. The van der Waals surface area contributed by atoms with Gasteiger partial charge in [-0.2, -0.15) is 9.78 Å². The molecule has 0 fully saturated rings. The first-order valence-corrected chi connectivity index (χ1v) is 10.1. The Morgan fingerprint density at radius 3 is 2.53 bits per heavy atom. The molecule has 0 bridgehead atoms. The number of carboxylic acids is 1. The normalized spacial score (nSPS) is 12.0. The van der Waals surface area contributed by atoms with Crippen LogP contribution in [0.1, 0.15) is 12.5 Å². The molecule has 1 aromatic heterocycles. The van der Waals surface area contributed by atoms with Crippen LogP contribution in [0, 0.1) is 10.1 Å². The van der Waals surface area contributed by atoms with Crippen LogP contribution >= 0.6 is 0 Å². The van der Waals surface area contributed by atoms with Crippen molar-refractivity contribution in [3.8, 4) is 17.1 Å². The molecule has 4 aromatic rings. The van der Waals surface area contributed by atoms with Gasteiger partial charge in [-0.3, -0.25) is 14.9 Å². The number of nitro groups is 1. The average Bonchev–Trinajstić information content (AvgIpc) is 2.84. The summed E-state index contributed by atoms with van der Waals surface area (Å²) >= 11 is 0. The predicted octanol–water partition coefficient (Wildman–Crippen LogP) is 3.71. The molecule has 0 saturated heterocycles. The number of aliphatic carboxylic acids is 1. The van der Waals surface area contributed by atoms with Gasteiger partial charge < -0.3 is 9.84 Å². The van der Waals surface area contributed by atoms with E-state index in [2.05, 4.69) is 10.1 Å². The minimum Gasteiger partial charge on any atom is -0.479 e. The number of hydrogen-bond acceptors (Lipinski definition) is 7. The minimum atomic E-state index is -1.35. The number of carbonyl (C=O) groups is 1. The van der Waals surface area contributed by atoms with Gasteiger partial charge in [-0.1, -0.05) is 48.5 Å². The molecule has 0 aliphatic heterocycles. The summed E-state index contributed by atoms with van der Waals surface area (Å²) in [5.41, 5.74) is 0.392. The second kappa shape index (κ2) is 9.33. The zero-order chi connectivity index (χ0) is 24.2. The maximum absolute atomic E-state index is 13.3. The van der Waals surface area contributed by atoms with Crippen molar-refractivity contribution < 1.29 is 19.6 Å². The molecule has 1 atom stereocenters. The SMILES string of the molecule is C[C@@H](Oc1c(C=Nn2c(-c3ccccc3)nc3ccccc3c2=O)cccc1[N+](=O)[O-])C(=O)O. The van der Waals surface area contributed by atoms with Crippen molar-refractivity contribution in [3.63, 3.8) is 0 Å². The molecule has 0 aliphatic rings. The number of para-hydroxylation sites is 2. The predicted molar refractivity (Wildman–Crippen MR) is 125 cm³/mol. The lowest BCUT2D eigenvalue weighted by Crippen LogP contribution is -2.24. The number of aromatic nitrogens is 2. The van der Waals surface area contributed by atoms with Crippen LogP contribution in [-0.4, -0.2) is 38.0 Å². The van der Waals surface area contributed by atoms with Gasteiger partial charge in [-0.25, -0.2) is 9.78 Å². The van der Waals surface area contributed by atoms with E-state index in [0.717, 1.165) is 4.68 Å². The molecule has 3 aromatic carbocycles. The van der Waals surface area contributed by atoms with Crippen molar-refractivity contribution in [2.45, 2.75) is 13.0 Å². The Morgan fingerprint density at radius 2 is 1.82 bits per heavy atom. The smallest absolute Gasteiger partial charge is 0.344 e. The van der Waals surface area contributed by atoms with E-state index in [0.29, 0.717) is 16.5 Å². The molecule has 0 radical (unpaired) electrons. The summed E-state index contributed by atoms with van der Waals surface area (Å²) < 4.78 is 6.47. The quantitative estimate of drug-likeness (QED) is 0.253. The fourth-order valence-corrected chi connectivity index (χ4v) is 3.27. The highest BCUT2D eigenvalue weighted by atomic mass is 16.6. The molecule has 4 rings (SSSR count). The molecule has 170 valence electrons. The van der Waals surface area contributed by atoms with Crippen LogP contribution in [0.3, 0.4) is 0 Å². The topological polar surface area (TPSA) is 137 Å². The second-order valence-electron chi connectivity index (χ2n) is 7.23. The molecular formula is C24H18N4O6. The molecule has 0 amide bonds. The van der Waals surface area contributed by atoms with E-state index in [1.807, 2.05) is 6.07 Å². The van der Waals surface area contributed by atoms with E-state index in [-0.39, 0.29) is 17.1 Å². The van der Waals surface area contributed by atoms with Crippen molar-refractivity contribution in [1.29, 1.82) is 0 Å². The van der Waals surface area contributed by atoms with Crippen LogP contribution in [0.25, 0.3) is 22.3 Å². The van der Waals surface area contributed by atoms with Crippen molar-refractivity contribution >= 4 is 28.8 Å². The fourth-order valence-electron chi connectivity index (χ4n) is 3.27. The summed E-state index contributed by atoms with van der Waals surface area (Å²) in [4.78, 5) is 39.9. The van der Waals surface area contributed by atoms with Gasteiger partial charge in [0.15, 0.2) is 11.9 Å². The number of carboxylic acid groups (broad SMARTS) is 1. The fraction of sp³-hybridized carbons (Fsp3) is 0.0833. The van der Waals surface area contributed by atoms with Crippen LogP contribution in [0.2, 0.25) is 0 Å². The van der Waals surface area contributed by atoms with Gasteiger partial charge >= 0.3 is 11.7 Å². The lowest BCUT2D eigenvalue weighted by molar-refractivity contribution is -0.386. The highest BCUT2D eigenvalue weighted by molar-refractivity contribution is 5.87. The lowest BCUT2D eigenvalue weighted by Gasteiger charge is -2.13. The van der Waals surface area contributed by atoms with Crippen LogP contribution in [0.4, 0.5) is 5.69 Å². The third-order valence-corrected chi connectivity index (χ3v) is 4.96. The molecule has 34 heavy (non-hydrogen) atoms. The standard InChI is InChI=1S/C24H18N4O6/c1-15(24(30)31)34-21-17(10-7-13-20(21)28(32)33)14-25-27-22(16-8-3-2-4-9-16)26-19-12-6-5-11-18(19)23(27)29/h2-15H,1H3,(H,30,31)/t15-/m1/s1.